The number of carbonyl (C=O) groups excluding carboxylic acids is 2. The maximum atomic E-state index is 12.4. The van der Waals surface area contributed by atoms with Gasteiger partial charge in [0.05, 0.1) is 33.0 Å². The Balaban J connectivity index is 3.58. The van der Waals surface area contributed by atoms with Gasteiger partial charge in [-0.3, -0.25) is 9.59 Å². The molecule has 0 aliphatic heterocycles. The Morgan fingerprint density at radius 2 is 0.648 bits per heavy atom. The first-order valence-corrected chi connectivity index (χ1v) is 30.4. The van der Waals surface area contributed by atoms with Crippen molar-refractivity contribution in [2.45, 2.75) is 225 Å². The fourth-order valence-corrected chi connectivity index (χ4v) is 9.04. The lowest BCUT2D eigenvalue weighted by molar-refractivity contribution is -0.122. The zero-order valence-corrected chi connectivity index (χ0v) is 47.4. The van der Waals surface area contributed by atoms with Gasteiger partial charge in [-0.15, -0.1) is 0 Å². The quantitative estimate of drug-likeness (QED) is 0.0274. The second-order valence-electron chi connectivity index (χ2n) is 20.5. The summed E-state index contributed by atoms with van der Waals surface area (Å²) in [7, 11) is 5.69. The fraction of sp³-hybridized carbons (Fsp3) is 0.966. The molecule has 71 heavy (non-hydrogen) atoms. The summed E-state index contributed by atoms with van der Waals surface area (Å²) in [5, 5.41) is 27.3. The largest absolute Gasteiger partial charge is 0.382 e. The van der Waals surface area contributed by atoms with Gasteiger partial charge in [0.1, 0.15) is 0 Å². The first-order chi connectivity index (χ1) is 35.1. The maximum Gasteiger partial charge on any atom is 0.222 e. The van der Waals surface area contributed by atoms with Crippen LogP contribution in [0.1, 0.15) is 225 Å². The molecular formula is C58H122N8O5. The van der Waals surface area contributed by atoms with Crippen LogP contribution in [0.5, 0.6) is 0 Å². The molecule has 0 fully saturated rings. The molecule has 0 spiro atoms. The average molecular weight is 1010 g/mol. The van der Waals surface area contributed by atoms with Gasteiger partial charge in [-0.05, 0) is 150 Å². The van der Waals surface area contributed by atoms with E-state index in [-0.39, 0.29) is 11.8 Å². The molecule has 0 aromatic carbocycles. The molecule has 8 N–H and O–H groups in total. The Kier molecular flexibility index (Phi) is 61.6. The fourth-order valence-electron chi connectivity index (χ4n) is 9.04. The van der Waals surface area contributed by atoms with E-state index in [1.807, 2.05) is 14.1 Å². The van der Waals surface area contributed by atoms with Crippen molar-refractivity contribution in [3.05, 3.63) is 0 Å². The van der Waals surface area contributed by atoms with Gasteiger partial charge in [0.25, 0.3) is 0 Å². The monoisotopic (exact) mass is 1010 g/mol. The van der Waals surface area contributed by atoms with E-state index in [1.54, 1.807) is 7.11 Å². The van der Waals surface area contributed by atoms with Gasteiger partial charge >= 0.3 is 0 Å². The molecule has 424 valence electrons. The molecule has 0 bridgehead atoms. The lowest BCUT2D eigenvalue weighted by atomic mass is 10.00. The van der Waals surface area contributed by atoms with Gasteiger partial charge in [0.15, 0.2) is 0 Å². The summed E-state index contributed by atoms with van der Waals surface area (Å²) in [5.74, 6) is 1.01. The Bertz CT molecular complexity index is 1010. The van der Waals surface area contributed by atoms with Crippen molar-refractivity contribution in [3.63, 3.8) is 0 Å². The van der Waals surface area contributed by atoms with Crippen LogP contribution >= 0.6 is 0 Å². The number of hydrogen-bond acceptors (Lipinski definition) is 11. The summed E-state index contributed by atoms with van der Waals surface area (Å²) in [6, 6.07) is 0. The predicted octanol–water partition coefficient (Wildman–Crippen LogP) is 9.97. The minimum atomic E-state index is 0.0794. The minimum absolute atomic E-state index is 0.0794. The Morgan fingerprint density at radius 1 is 0.324 bits per heavy atom. The van der Waals surface area contributed by atoms with Gasteiger partial charge in [0.2, 0.25) is 11.8 Å². The van der Waals surface area contributed by atoms with E-state index < -0.39 is 0 Å². The van der Waals surface area contributed by atoms with Crippen LogP contribution in [-0.4, -0.2) is 145 Å². The number of carbonyl (C=O) groups is 2. The highest BCUT2D eigenvalue weighted by Gasteiger charge is 2.09. The molecule has 0 saturated carbocycles. The number of rotatable bonds is 63. The molecule has 0 heterocycles. The Hall–Kier alpha value is -1.42. The van der Waals surface area contributed by atoms with E-state index in [0.717, 1.165) is 97.8 Å². The SMILES string of the molecule is CNCCCNCCCCNCC(CCCCCCNC(=O)CCCCCCCCCCCCCCCCCCCCCCCCNC(=O)CCOCCOCCOC)CNCCCCNCCCNC. The van der Waals surface area contributed by atoms with Gasteiger partial charge in [-0.1, -0.05) is 148 Å². The molecule has 0 radical (unpaired) electrons. The highest BCUT2D eigenvalue weighted by Crippen LogP contribution is 2.16. The Morgan fingerprint density at radius 3 is 1.07 bits per heavy atom. The number of methoxy groups -OCH3 is 1. The standard InChI is InChI=1S/C58H122N8O5/c1-59-39-34-45-61-41-30-32-43-63-54-56(55-64-44-33-31-42-62-46-35-40-60-2)36-26-23-25-29-47-65-57(67)37-27-22-20-18-16-14-12-10-8-6-4-5-7-9-11-13-15-17-19-21-24-28-48-66-58(68)38-49-70-52-53-71-51-50-69-3/h56,59-64H,4-55H2,1-3H3,(H,65,67)(H,66,68). The van der Waals surface area contributed by atoms with E-state index >= 15 is 0 Å². The third-order valence-corrected chi connectivity index (χ3v) is 13.6. The van der Waals surface area contributed by atoms with Crippen molar-refractivity contribution in [2.24, 2.45) is 5.92 Å². The van der Waals surface area contributed by atoms with Crippen molar-refractivity contribution in [1.82, 2.24) is 42.5 Å². The first-order valence-electron chi connectivity index (χ1n) is 30.4. The smallest absolute Gasteiger partial charge is 0.222 e. The number of nitrogens with one attached hydrogen (secondary N) is 8. The van der Waals surface area contributed by atoms with Gasteiger partial charge in [-0.25, -0.2) is 0 Å². The topological polar surface area (TPSA) is 158 Å². The second-order valence-corrected chi connectivity index (χ2v) is 20.5. The molecule has 0 rings (SSSR count). The molecule has 0 aromatic rings. The second kappa shape index (κ2) is 62.9. The normalized spacial score (nSPS) is 11.6. The van der Waals surface area contributed by atoms with Crippen LogP contribution in [0.15, 0.2) is 0 Å². The number of amides is 2. The van der Waals surface area contributed by atoms with Crippen LogP contribution in [0.3, 0.4) is 0 Å². The summed E-state index contributed by atoms with van der Waals surface area (Å²) in [4.78, 5) is 24.3. The van der Waals surface area contributed by atoms with Crippen LogP contribution < -0.4 is 42.5 Å². The van der Waals surface area contributed by atoms with Crippen molar-refractivity contribution in [2.75, 3.05) is 133 Å². The molecule has 0 saturated heterocycles. The van der Waals surface area contributed by atoms with E-state index in [9.17, 15) is 9.59 Å². The summed E-state index contributed by atoms with van der Waals surface area (Å²) < 4.78 is 15.7. The van der Waals surface area contributed by atoms with E-state index in [2.05, 4.69) is 42.5 Å². The first kappa shape index (κ1) is 69.6. The summed E-state index contributed by atoms with van der Waals surface area (Å²) in [6.45, 7) is 15.3. The molecule has 0 aliphatic rings. The van der Waals surface area contributed by atoms with Crippen molar-refractivity contribution >= 4 is 11.8 Å². The molecular weight excluding hydrogens is 889 g/mol. The van der Waals surface area contributed by atoms with Crippen LogP contribution in [0.2, 0.25) is 0 Å². The molecule has 0 aromatic heterocycles. The maximum absolute atomic E-state index is 12.4. The number of hydrogen-bond donors (Lipinski definition) is 8. The van der Waals surface area contributed by atoms with Crippen LogP contribution in [0.4, 0.5) is 0 Å². The lowest BCUT2D eigenvalue weighted by Crippen LogP contribution is -2.32. The molecule has 0 aliphatic carbocycles. The van der Waals surface area contributed by atoms with Crippen LogP contribution in [-0.2, 0) is 23.8 Å². The van der Waals surface area contributed by atoms with Gasteiger partial charge < -0.3 is 56.7 Å². The summed E-state index contributed by atoms with van der Waals surface area (Å²) in [5.41, 5.74) is 0. The van der Waals surface area contributed by atoms with Crippen molar-refractivity contribution in [3.8, 4) is 0 Å². The van der Waals surface area contributed by atoms with Crippen LogP contribution in [0.25, 0.3) is 0 Å². The highest BCUT2D eigenvalue weighted by atomic mass is 16.5. The van der Waals surface area contributed by atoms with Crippen molar-refractivity contribution in [1.29, 1.82) is 0 Å². The molecule has 13 heteroatoms. The van der Waals surface area contributed by atoms with E-state index in [4.69, 9.17) is 14.2 Å². The number of ether oxygens (including phenoxy) is 3. The molecule has 13 nitrogen and oxygen atoms in total. The molecule has 2 amide bonds. The minimum Gasteiger partial charge on any atom is -0.382 e. The van der Waals surface area contributed by atoms with Gasteiger partial charge in [0, 0.05) is 33.0 Å². The summed E-state index contributed by atoms with van der Waals surface area (Å²) >= 11 is 0. The van der Waals surface area contributed by atoms with Gasteiger partial charge in [-0.2, -0.15) is 0 Å². The average Bonchev–Trinajstić information content (AvgIpc) is 3.37. The third kappa shape index (κ3) is 61.0. The summed E-state index contributed by atoms with van der Waals surface area (Å²) in [6.07, 6.45) is 43.8. The highest BCUT2D eigenvalue weighted by molar-refractivity contribution is 5.76. The van der Waals surface area contributed by atoms with E-state index in [0.29, 0.717) is 51.8 Å². The van der Waals surface area contributed by atoms with E-state index in [1.165, 1.54) is 193 Å². The predicted molar refractivity (Wildman–Crippen MR) is 304 cm³/mol. The lowest BCUT2D eigenvalue weighted by Gasteiger charge is -2.19. The Labute approximate surface area is 440 Å². The zero-order valence-electron chi connectivity index (χ0n) is 47.4. The number of unbranched alkanes of at least 4 members (excludes halogenated alkanes) is 26. The van der Waals surface area contributed by atoms with Crippen LogP contribution in [0, 0.1) is 5.92 Å². The third-order valence-electron chi connectivity index (χ3n) is 13.6. The molecule has 0 unspecified atom stereocenters. The molecule has 0 atom stereocenters. The zero-order chi connectivity index (χ0) is 51.3. The van der Waals surface area contributed by atoms with Crippen molar-refractivity contribution < 1.29 is 23.8 Å².